The Bertz CT molecular complexity index is 903. The van der Waals surface area contributed by atoms with Crippen LogP contribution >= 0.6 is 0 Å². The number of benzene rings is 1. The van der Waals surface area contributed by atoms with Crippen LogP contribution < -0.4 is 9.47 Å². The number of carbonyl (C=O) groups is 2. The number of aliphatic hydroxyl groups excluding tert-OH is 3. The molecule has 10 nitrogen and oxygen atoms in total. The van der Waals surface area contributed by atoms with Crippen LogP contribution in [0.4, 0.5) is 0 Å². The van der Waals surface area contributed by atoms with Crippen LogP contribution in [0.1, 0.15) is 30.4 Å². The Kier molecular flexibility index (Phi) is 5.83. The van der Waals surface area contributed by atoms with Crippen molar-refractivity contribution in [2.24, 2.45) is 5.92 Å². The van der Waals surface area contributed by atoms with E-state index in [2.05, 4.69) is 18.0 Å². The van der Waals surface area contributed by atoms with E-state index in [0.717, 1.165) is 43.7 Å². The summed E-state index contributed by atoms with van der Waals surface area (Å²) < 4.78 is 11.9. The van der Waals surface area contributed by atoms with E-state index in [1.165, 1.54) is 11.1 Å². The molecule has 2 aliphatic carbocycles. The maximum atomic E-state index is 10.6. The number of aliphatic hydroxyl groups is 3. The van der Waals surface area contributed by atoms with Gasteiger partial charge in [0.25, 0.3) is 0 Å². The SMILES string of the molecule is COc1ccc2c3c1O[C@H]1[C@H](O)CC[C@H]4[C@@H](C2)N(C)CC[C@@]341.O=C(O)C(O)C(O)C(=O)O. The predicted octanol–water partition coefficient (Wildman–Crippen LogP) is -0.397. The van der Waals surface area contributed by atoms with Crippen molar-refractivity contribution in [3.8, 4) is 11.5 Å². The lowest BCUT2D eigenvalue weighted by Gasteiger charge is -2.58. The van der Waals surface area contributed by atoms with Gasteiger partial charge in [0.15, 0.2) is 23.7 Å². The minimum Gasteiger partial charge on any atom is -0.493 e. The third-order valence-electron chi connectivity index (χ3n) is 7.57. The van der Waals surface area contributed by atoms with E-state index in [-0.39, 0.29) is 17.6 Å². The molecule has 2 fully saturated rings. The molecule has 0 radical (unpaired) electrons. The highest BCUT2D eigenvalue weighted by atomic mass is 16.5. The van der Waals surface area contributed by atoms with Gasteiger partial charge in [0.2, 0.25) is 0 Å². The molecule has 4 aliphatic rings. The first-order valence-corrected chi connectivity index (χ1v) is 10.7. The molecule has 1 aromatic rings. The third-order valence-corrected chi connectivity index (χ3v) is 7.57. The average Bonchev–Trinajstić information content (AvgIpc) is 3.12. The van der Waals surface area contributed by atoms with E-state index < -0.39 is 24.1 Å². The number of carboxylic acids is 2. The summed E-state index contributed by atoms with van der Waals surface area (Å²) in [6.07, 6.45) is -0.841. The Morgan fingerprint density at radius 3 is 2.44 bits per heavy atom. The Balaban J connectivity index is 0.000000211. The van der Waals surface area contributed by atoms with Crippen molar-refractivity contribution >= 4 is 11.9 Å². The highest BCUT2D eigenvalue weighted by Gasteiger charge is 2.65. The van der Waals surface area contributed by atoms with Gasteiger partial charge < -0.3 is 39.9 Å². The first kappa shape index (κ1) is 22.8. The minimum atomic E-state index is -2.27. The van der Waals surface area contributed by atoms with Crippen LogP contribution in [-0.2, 0) is 21.4 Å². The molecule has 0 aromatic heterocycles. The smallest absolute Gasteiger partial charge is 0.335 e. The minimum absolute atomic E-state index is 0.00625. The maximum absolute atomic E-state index is 10.6. The molecule has 1 spiro atoms. The Morgan fingerprint density at radius 2 is 1.84 bits per heavy atom. The number of nitrogens with zero attached hydrogens (tertiary/aromatic N) is 1. The molecule has 1 aromatic carbocycles. The molecule has 32 heavy (non-hydrogen) atoms. The van der Waals surface area contributed by atoms with Gasteiger partial charge in [0.1, 0.15) is 6.10 Å². The monoisotopic (exact) mass is 451 g/mol. The quantitative estimate of drug-likeness (QED) is 0.408. The summed E-state index contributed by atoms with van der Waals surface area (Å²) in [5, 5.41) is 43.2. The molecular formula is C22H29NO9. The fourth-order valence-electron chi connectivity index (χ4n) is 6.13. The topological polar surface area (TPSA) is 157 Å². The van der Waals surface area contributed by atoms with Crippen molar-refractivity contribution in [1.82, 2.24) is 4.90 Å². The fourth-order valence-corrected chi connectivity index (χ4v) is 6.13. The molecule has 7 atom stereocenters. The molecular weight excluding hydrogens is 422 g/mol. The second kappa shape index (κ2) is 8.18. The molecule has 1 saturated carbocycles. The zero-order valence-electron chi connectivity index (χ0n) is 18.0. The number of hydrogen-bond donors (Lipinski definition) is 5. The van der Waals surface area contributed by atoms with Crippen molar-refractivity contribution in [3.05, 3.63) is 23.3 Å². The van der Waals surface area contributed by atoms with Crippen LogP contribution in [0, 0.1) is 5.92 Å². The molecule has 2 bridgehead atoms. The van der Waals surface area contributed by atoms with Gasteiger partial charge in [-0.1, -0.05) is 6.07 Å². The number of likely N-dealkylation sites (N-methyl/N-ethyl adjacent to an activating group) is 1. The zero-order valence-corrected chi connectivity index (χ0v) is 18.0. The van der Waals surface area contributed by atoms with E-state index in [1.807, 2.05) is 6.07 Å². The molecule has 2 heterocycles. The molecule has 2 unspecified atom stereocenters. The molecule has 10 heteroatoms. The van der Waals surface area contributed by atoms with E-state index in [1.54, 1.807) is 7.11 Å². The third kappa shape index (κ3) is 3.24. The summed E-state index contributed by atoms with van der Waals surface area (Å²) >= 11 is 0. The van der Waals surface area contributed by atoms with Crippen LogP contribution in [0.25, 0.3) is 0 Å². The van der Waals surface area contributed by atoms with Crippen molar-refractivity contribution in [1.29, 1.82) is 0 Å². The summed E-state index contributed by atoms with van der Waals surface area (Å²) in [5.74, 6) is -1.20. The van der Waals surface area contributed by atoms with Crippen LogP contribution in [-0.4, -0.2) is 93.5 Å². The van der Waals surface area contributed by atoms with Crippen LogP contribution in [0.5, 0.6) is 11.5 Å². The van der Waals surface area contributed by atoms with Gasteiger partial charge in [0, 0.05) is 17.0 Å². The number of carboxylic acid groups (broad SMARTS) is 2. The highest BCUT2D eigenvalue weighted by molar-refractivity contribution is 5.83. The molecule has 176 valence electrons. The largest absolute Gasteiger partial charge is 0.493 e. The first-order chi connectivity index (χ1) is 15.1. The zero-order chi connectivity index (χ0) is 23.4. The van der Waals surface area contributed by atoms with Gasteiger partial charge in [-0.25, -0.2) is 9.59 Å². The van der Waals surface area contributed by atoms with Gasteiger partial charge >= 0.3 is 11.9 Å². The molecule has 0 amide bonds. The van der Waals surface area contributed by atoms with Crippen LogP contribution in [0.15, 0.2) is 12.1 Å². The van der Waals surface area contributed by atoms with Crippen molar-refractivity contribution < 1.29 is 44.6 Å². The molecule has 5 N–H and O–H groups in total. The Labute approximate surface area is 185 Å². The van der Waals surface area contributed by atoms with E-state index in [4.69, 9.17) is 29.9 Å². The maximum Gasteiger partial charge on any atom is 0.335 e. The molecule has 1 saturated heterocycles. The van der Waals surface area contributed by atoms with Crippen LogP contribution in [0.2, 0.25) is 0 Å². The Hall–Kier alpha value is -2.40. The second-order valence-electron chi connectivity index (χ2n) is 9.03. The molecule has 5 rings (SSSR count). The second-order valence-corrected chi connectivity index (χ2v) is 9.03. The summed E-state index contributed by atoms with van der Waals surface area (Å²) in [6, 6.07) is 4.83. The van der Waals surface area contributed by atoms with Crippen LogP contribution in [0.3, 0.4) is 0 Å². The number of methoxy groups -OCH3 is 1. The van der Waals surface area contributed by atoms with Crippen molar-refractivity contribution in [2.75, 3.05) is 20.7 Å². The first-order valence-electron chi connectivity index (χ1n) is 10.7. The number of rotatable bonds is 4. The normalized spacial score (nSPS) is 33.7. The van der Waals surface area contributed by atoms with Gasteiger partial charge in [-0.3, -0.25) is 0 Å². The standard InChI is InChI=1S/C18H23NO3.C4H6O6/c1-19-8-7-18-11-4-5-13(20)17(18)22-16-14(21-2)6-3-10(15(16)18)9-12(11)19;5-1(3(7)8)2(6)4(9)10/h3,6,11-13,17,20H,4-5,7-9H2,1-2H3;1-2,5-6H,(H,7,8)(H,9,10)/t11-,12+,13+,17-,18-;/m0./s1. The lowest BCUT2D eigenvalue weighted by Crippen LogP contribution is -2.66. The number of likely N-dealkylation sites (tertiary alicyclic amines) is 1. The van der Waals surface area contributed by atoms with Gasteiger partial charge in [-0.05, 0) is 56.8 Å². The lowest BCUT2D eigenvalue weighted by atomic mass is 9.51. The predicted molar refractivity (Wildman–Crippen MR) is 110 cm³/mol. The van der Waals surface area contributed by atoms with Gasteiger partial charge in [-0.15, -0.1) is 0 Å². The summed E-state index contributed by atoms with van der Waals surface area (Å²) in [7, 11) is 3.96. The number of aliphatic carboxylic acids is 2. The van der Waals surface area contributed by atoms with Gasteiger partial charge in [-0.2, -0.15) is 0 Å². The highest BCUT2D eigenvalue weighted by Crippen LogP contribution is 2.63. The van der Waals surface area contributed by atoms with Gasteiger partial charge in [0.05, 0.1) is 13.2 Å². The summed E-state index contributed by atoms with van der Waals surface area (Å²) in [6.45, 7) is 1.09. The number of piperidine rings is 1. The van der Waals surface area contributed by atoms with Crippen molar-refractivity contribution in [3.63, 3.8) is 0 Å². The van der Waals surface area contributed by atoms with E-state index in [0.29, 0.717) is 12.0 Å². The summed E-state index contributed by atoms with van der Waals surface area (Å²) in [5.41, 5.74) is 2.77. The summed E-state index contributed by atoms with van der Waals surface area (Å²) in [4.78, 5) is 22.1. The molecule has 2 aliphatic heterocycles. The number of hydrogen-bond acceptors (Lipinski definition) is 8. The Morgan fingerprint density at radius 1 is 1.19 bits per heavy atom. The van der Waals surface area contributed by atoms with Crippen molar-refractivity contribution in [2.45, 2.75) is 61.6 Å². The van der Waals surface area contributed by atoms with E-state index >= 15 is 0 Å². The fraction of sp³-hybridized carbons (Fsp3) is 0.636. The average molecular weight is 451 g/mol. The lowest BCUT2D eigenvalue weighted by molar-refractivity contribution is -0.165. The number of ether oxygens (including phenoxy) is 2. The van der Waals surface area contributed by atoms with E-state index in [9.17, 15) is 14.7 Å².